The number of pyridine rings is 1. The van der Waals surface area contributed by atoms with Gasteiger partial charge in [0.1, 0.15) is 12.4 Å². The highest BCUT2D eigenvalue weighted by molar-refractivity contribution is 7.48. The molecule has 2 atom stereocenters. The van der Waals surface area contributed by atoms with Crippen LogP contribution < -0.4 is 10.6 Å². The number of anilines is 1. The third-order valence-electron chi connectivity index (χ3n) is 6.01. The number of nitrogens with zero attached hydrogens (tertiary/aromatic N) is 2. The summed E-state index contributed by atoms with van der Waals surface area (Å²) >= 11 is 0. The number of aromatic nitrogens is 1. The van der Waals surface area contributed by atoms with Gasteiger partial charge in [0.2, 0.25) is 0 Å². The van der Waals surface area contributed by atoms with E-state index in [4.69, 9.17) is 9.26 Å². The van der Waals surface area contributed by atoms with Gasteiger partial charge in [0.05, 0.1) is 18.8 Å². The van der Waals surface area contributed by atoms with Gasteiger partial charge < -0.3 is 20.1 Å². The number of urea groups is 1. The number of nitrogens with one attached hydrogen (secondary N) is 2. The summed E-state index contributed by atoms with van der Waals surface area (Å²) in [5, 5.41) is 17.2. The number of ether oxygens (including phenoxy) is 1. The fraction of sp³-hybridized carbons (Fsp3) is 0.346. The fourth-order valence-corrected chi connectivity index (χ4v) is 4.40. The second kappa shape index (κ2) is 14.8. The van der Waals surface area contributed by atoms with Gasteiger partial charge in [-0.2, -0.15) is 0 Å². The zero-order valence-electron chi connectivity index (χ0n) is 22.6. The maximum atomic E-state index is 14.0. The lowest BCUT2D eigenvalue weighted by molar-refractivity contribution is 0.0403. The van der Waals surface area contributed by atoms with Crippen LogP contribution in [-0.4, -0.2) is 73.7 Å². The molecule has 3 aromatic rings. The van der Waals surface area contributed by atoms with E-state index in [1.165, 1.54) is 19.2 Å². The Morgan fingerprint density at radius 1 is 1.07 bits per heavy atom. The Kier molecular flexibility index (Phi) is 11.5. The van der Waals surface area contributed by atoms with Crippen LogP contribution in [0.25, 0.3) is 10.8 Å². The molecule has 3 rings (SSSR count). The molecule has 3 N–H and O–H groups in total. The van der Waals surface area contributed by atoms with Crippen molar-refractivity contribution in [3.8, 4) is 0 Å². The smallest absolute Gasteiger partial charge is 0.447 e. The van der Waals surface area contributed by atoms with Crippen LogP contribution in [0.3, 0.4) is 0 Å². The fourth-order valence-electron chi connectivity index (χ4n) is 3.69. The largest absolute Gasteiger partial charge is 0.474 e. The summed E-state index contributed by atoms with van der Waals surface area (Å²) in [7, 11) is -0.312. The second-order valence-corrected chi connectivity index (χ2v) is 10.7. The lowest BCUT2D eigenvalue weighted by atomic mass is 10.1. The Hall–Kier alpha value is -3.68. The first kappa shape index (κ1) is 31.8. The molecule has 0 radical (unpaired) electrons. The lowest BCUT2D eigenvalue weighted by Gasteiger charge is -2.30. The lowest BCUT2D eigenvalue weighted by Crippen LogP contribution is -2.47. The van der Waals surface area contributed by atoms with Gasteiger partial charge in [-0.25, -0.2) is 27.9 Å². The summed E-state index contributed by atoms with van der Waals surface area (Å²) < 4.78 is 59.3. The van der Waals surface area contributed by atoms with E-state index in [0.717, 1.165) is 36.0 Å². The van der Waals surface area contributed by atoms with E-state index < -0.39 is 50.3 Å². The maximum absolute atomic E-state index is 14.0. The summed E-state index contributed by atoms with van der Waals surface area (Å²) in [5.41, 5.74) is -0.0786. The van der Waals surface area contributed by atoms with E-state index in [-0.39, 0.29) is 31.0 Å². The molecule has 0 unspecified atom stereocenters. The third-order valence-corrected chi connectivity index (χ3v) is 7.37. The molecule has 0 aliphatic carbocycles. The van der Waals surface area contributed by atoms with E-state index in [9.17, 15) is 28.0 Å². The number of aliphatic hydroxyl groups excluding tert-OH is 1. The molecule has 0 bridgehead atoms. The average molecular weight is 597 g/mol. The minimum absolute atomic E-state index is 0.0786. The van der Waals surface area contributed by atoms with Gasteiger partial charge in [0.15, 0.2) is 11.6 Å². The van der Waals surface area contributed by atoms with Crippen LogP contribution in [0.2, 0.25) is 0 Å². The van der Waals surface area contributed by atoms with E-state index in [2.05, 4.69) is 24.7 Å². The molecule has 1 heterocycles. The number of hydrogen-bond acceptors (Lipinski definition) is 9. The van der Waals surface area contributed by atoms with E-state index in [1.807, 2.05) is 24.3 Å². The van der Waals surface area contributed by atoms with Crippen LogP contribution in [0.4, 0.5) is 24.2 Å². The number of carbonyl (C=O) groups excluding carboxylic acids is 2. The molecule has 0 saturated carbocycles. The van der Waals surface area contributed by atoms with Gasteiger partial charge in [-0.3, -0.25) is 18.9 Å². The van der Waals surface area contributed by atoms with E-state index in [0.29, 0.717) is 0 Å². The van der Waals surface area contributed by atoms with Gasteiger partial charge in [-0.05, 0) is 23.9 Å². The number of amides is 3. The number of fused-ring (bicyclic) bond motifs is 1. The molecule has 12 nitrogen and oxygen atoms in total. The Balaban J connectivity index is 1.65. The van der Waals surface area contributed by atoms with Gasteiger partial charge in [0.25, 0.3) is 0 Å². The number of halogens is 2. The van der Waals surface area contributed by atoms with Crippen LogP contribution in [0.15, 0.2) is 54.7 Å². The first-order valence-electron chi connectivity index (χ1n) is 12.3. The number of phosphoric ester groups is 1. The highest BCUT2D eigenvalue weighted by Crippen LogP contribution is 2.47. The number of benzene rings is 2. The van der Waals surface area contributed by atoms with Gasteiger partial charge in [-0.15, -0.1) is 0 Å². The Bertz CT molecular complexity index is 1390. The van der Waals surface area contributed by atoms with Crippen molar-refractivity contribution in [3.63, 3.8) is 0 Å². The van der Waals surface area contributed by atoms with Crippen molar-refractivity contribution in [2.45, 2.75) is 25.1 Å². The van der Waals surface area contributed by atoms with Gasteiger partial charge >= 0.3 is 19.9 Å². The van der Waals surface area contributed by atoms with Crippen molar-refractivity contribution in [1.29, 1.82) is 0 Å². The predicted molar refractivity (Wildman–Crippen MR) is 145 cm³/mol. The molecular weight excluding hydrogens is 565 g/mol. The first-order chi connectivity index (χ1) is 19.5. The normalized spacial score (nSPS) is 12.9. The van der Waals surface area contributed by atoms with Gasteiger partial charge in [-0.1, -0.05) is 36.4 Å². The molecule has 15 heteroatoms. The third kappa shape index (κ3) is 9.17. The second-order valence-electron chi connectivity index (χ2n) is 8.77. The van der Waals surface area contributed by atoms with Crippen molar-refractivity contribution >= 4 is 36.5 Å². The van der Waals surface area contributed by atoms with Gasteiger partial charge in [0, 0.05) is 45.0 Å². The number of hydrogen-bond donors (Lipinski definition) is 3. The Morgan fingerprint density at radius 2 is 1.78 bits per heavy atom. The standard InChI is InChI=1S/C26H31F2N4O8P/c1-32(25(34)30-14-19-9-6-10-22(27)24(19)28)20(12-21(33)16-40-41(36,37-2)38-3)15-39-26(35)31-23-11-17-7-4-5-8-18(17)13-29-23/h4-11,13,20-21,33H,12,14-16H2,1-3H3,(H,30,34)(H,29,31,35)/t20-,21-/m0/s1. The van der Waals surface area contributed by atoms with E-state index >= 15 is 0 Å². The number of likely N-dealkylation sites (N-methyl/N-ethyl adjacent to an activating group) is 1. The number of rotatable bonds is 13. The molecule has 0 saturated heterocycles. The molecule has 0 fully saturated rings. The topological polar surface area (TPSA) is 149 Å². The minimum atomic E-state index is -3.88. The molecule has 1 aromatic heterocycles. The minimum Gasteiger partial charge on any atom is -0.447 e. The van der Waals surface area contributed by atoms with Crippen molar-refractivity contribution in [1.82, 2.24) is 15.2 Å². The number of carbonyl (C=O) groups is 2. The molecule has 0 aliphatic rings. The molecule has 41 heavy (non-hydrogen) atoms. The zero-order valence-corrected chi connectivity index (χ0v) is 23.5. The van der Waals surface area contributed by atoms with Crippen LogP contribution in [0.1, 0.15) is 12.0 Å². The molecule has 0 spiro atoms. The van der Waals surface area contributed by atoms with Crippen molar-refractivity contribution in [2.24, 2.45) is 0 Å². The van der Waals surface area contributed by atoms with Crippen molar-refractivity contribution in [3.05, 3.63) is 71.9 Å². The molecule has 0 aliphatic heterocycles. The average Bonchev–Trinajstić information content (AvgIpc) is 2.98. The monoisotopic (exact) mass is 596 g/mol. The quantitative estimate of drug-likeness (QED) is 0.244. The van der Waals surface area contributed by atoms with Crippen LogP contribution in [0, 0.1) is 11.6 Å². The first-order valence-corrected chi connectivity index (χ1v) is 13.8. The number of aliphatic hydroxyl groups is 1. The van der Waals surface area contributed by atoms with Crippen LogP contribution >= 0.6 is 7.82 Å². The summed E-state index contributed by atoms with van der Waals surface area (Å²) in [5.74, 6) is -1.92. The highest BCUT2D eigenvalue weighted by Gasteiger charge is 2.28. The molecule has 222 valence electrons. The number of phosphoric acid groups is 1. The van der Waals surface area contributed by atoms with E-state index in [1.54, 1.807) is 12.3 Å². The Morgan fingerprint density at radius 3 is 2.49 bits per heavy atom. The maximum Gasteiger partial charge on any atom is 0.474 e. The molecule has 3 amide bonds. The van der Waals surface area contributed by atoms with Crippen molar-refractivity contribution < 1.29 is 46.3 Å². The highest BCUT2D eigenvalue weighted by atomic mass is 31.2. The molecular formula is C26H31F2N4O8P. The van der Waals surface area contributed by atoms with Crippen LogP contribution in [-0.2, 0) is 29.4 Å². The molecule has 2 aromatic carbocycles. The summed E-state index contributed by atoms with van der Waals surface area (Å²) in [6.07, 6.45) is -0.791. The SMILES string of the molecule is COP(=O)(OC)OC[C@@H](O)C[C@@H](COC(=O)Nc1cc2ccccc2cn1)N(C)C(=O)NCc1cccc(F)c1F. The van der Waals surface area contributed by atoms with Crippen LogP contribution in [0.5, 0.6) is 0 Å². The summed E-state index contributed by atoms with van der Waals surface area (Å²) in [4.78, 5) is 30.6. The zero-order chi connectivity index (χ0) is 30.0. The predicted octanol–water partition coefficient (Wildman–Crippen LogP) is 4.44. The summed E-state index contributed by atoms with van der Waals surface area (Å²) in [6.45, 7) is -1.21. The Labute approximate surface area is 235 Å². The summed E-state index contributed by atoms with van der Waals surface area (Å²) in [6, 6.07) is 11.0. The van der Waals surface area contributed by atoms with Crippen molar-refractivity contribution in [2.75, 3.05) is 39.8 Å².